The molecule has 1 aliphatic heterocycles. The van der Waals surface area contributed by atoms with Gasteiger partial charge in [0.25, 0.3) is 0 Å². The summed E-state index contributed by atoms with van der Waals surface area (Å²) in [5.41, 5.74) is 2.49. The van der Waals surface area contributed by atoms with Crippen LogP contribution in [0.1, 0.15) is 12.8 Å². The lowest BCUT2D eigenvalue weighted by Crippen LogP contribution is -2.00. The average molecular weight is 186 g/mol. The molecule has 14 heavy (non-hydrogen) atoms. The fourth-order valence-electron chi connectivity index (χ4n) is 1.76. The minimum absolute atomic E-state index is 0.190. The van der Waals surface area contributed by atoms with Crippen LogP contribution >= 0.6 is 0 Å². The second-order valence-electron chi connectivity index (χ2n) is 3.52. The van der Waals surface area contributed by atoms with Crippen LogP contribution in [-0.4, -0.2) is 6.10 Å². The minimum atomic E-state index is 0.190. The molecule has 1 aliphatic carbocycles. The van der Waals surface area contributed by atoms with Crippen molar-refractivity contribution in [1.82, 2.24) is 0 Å². The van der Waals surface area contributed by atoms with E-state index in [2.05, 4.69) is 31.4 Å². The maximum Gasteiger partial charge on any atom is 0.127 e. The van der Waals surface area contributed by atoms with Crippen molar-refractivity contribution < 1.29 is 4.74 Å². The number of hydrogen-bond acceptors (Lipinski definition) is 1. The van der Waals surface area contributed by atoms with E-state index in [4.69, 9.17) is 4.74 Å². The van der Waals surface area contributed by atoms with E-state index >= 15 is 0 Å². The number of fused-ring (bicyclic) bond motifs is 1. The largest absolute Gasteiger partial charge is 0.485 e. The van der Waals surface area contributed by atoms with E-state index < -0.39 is 0 Å². The molecule has 0 radical (unpaired) electrons. The van der Waals surface area contributed by atoms with Gasteiger partial charge in [-0.3, -0.25) is 0 Å². The van der Waals surface area contributed by atoms with Crippen molar-refractivity contribution in [2.45, 2.75) is 18.9 Å². The van der Waals surface area contributed by atoms with E-state index in [1.807, 2.05) is 12.2 Å². The van der Waals surface area contributed by atoms with Gasteiger partial charge in [-0.2, -0.15) is 0 Å². The van der Waals surface area contributed by atoms with Gasteiger partial charge in [-0.15, -0.1) is 13.2 Å². The molecule has 2 aliphatic rings. The summed E-state index contributed by atoms with van der Waals surface area (Å²) in [7, 11) is 0. The van der Waals surface area contributed by atoms with Gasteiger partial charge in [0, 0.05) is 12.0 Å². The average Bonchev–Trinajstić information content (AvgIpc) is 2.62. The van der Waals surface area contributed by atoms with Crippen molar-refractivity contribution in [2.75, 3.05) is 0 Å². The summed E-state index contributed by atoms with van der Waals surface area (Å²) in [5, 5.41) is 0. The lowest BCUT2D eigenvalue weighted by Gasteiger charge is -2.06. The minimum Gasteiger partial charge on any atom is -0.485 e. The van der Waals surface area contributed by atoms with Gasteiger partial charge < -0.3 is 4.74 Å². The van der Waals surface area contributed by atoms with Crippen molar-refractivity contribution in [2.24, 2.45) is 0 Å². The molecule has 0 aromatic carbocycles. The van der Waals surface area contributed by atoms with Crippen LogP contribution in [0.3, 0.4) is 0 Å². The van der Waals surface area contributed by atoms with Crippen LogP contribution < -0.4 is 0 Å². The van der Waals surface area contributed by atoms with E-state index in [9.17, 15) is 0 Å². The molecule has 0 N–H and O–H groups in total. The Morgan fingerprint density at radius 1 is 1.29 bits per heavy atom. The van der Waals surface area contributed by atoms with Gasteiger partial charge in [0.1, 0.15) is 11.9 Å². The van der Waals surface area contributed by atoms with Gasteiger partial charge in [-0.25, -0.2) is 0 Å². The molecule has 0 aromatic rings. The molecule has 1 unspecified atom stereocenters. The second-order valence-corrected chi connectivity index (χ2v) is 3.52. The smallest absolute Gasteiger partial charge is 0.127 e. The van der Waals surface area contributed by atoms with Crippen LogP contribution in [0.15, 0.2) is 60.4 Å². The molecule has 1 heterocycles. The molecule has 0 saturated heterocycles. The van der Waals surface area contributed by atoms with Crippen LogP contribution in [0.4, 0.5) is 0 Å². The second kappa shape index (κ2) is 3.70. The Labute approximate surface area is 84.8 Å². The lowest BCUT2D eigenvalue weighted by molar-refractivity contribution is 0.184. The first-order valence-corrected chi connectivity index (χ1v) is 4.86. The van der Waals surface area contributed by atoms with Crippen LogP contribution in [0.25, 0.3) is 0 Å². The molecule has 0 amide bonds. The summed E-state index contributed by atoms with van der Waals surface area (Å²) < 4.78 is 5.71. The van der Waals surface area contributed by atoms with E-state index in [0.29, 0.717) is 0 Å². The fraction of sp³-hybridized carbons (Fsp3) is 0.231. The zero-order chi connectivity index (χ0) is 9.97. The highest BCUT2D eigenvalue weighted by atomic mass is 16.5. The maximum absolute atomic E-state index is 5.71. The van der Waals surface area contributed by atoms with Crippen LogP contribution in [0.2, 0.25) is 0 Å². The summed E-state index contributed by atoms with van der Waals surface area (Å²) in [5.74, 6) is 1.01. The van der Waals surface area contributed by atoms with E-state index in [-0.39, 0.29) is 6.10 Å². The Morgan fingerprint density at radius 3 is 2.79 bits per heavy atom. The summed E-state index contributed by atoms with van der Waals surface area (Å²) in [6.45, 7) is 7.42. The summed E-state index contributed by atoms with van der Waals surface area (Å²) in [6.07, 6.45) is 12.2. The standard InChI is InChI=1S/C13H14O/c1-3-5-10-7-11-9-12(6-4-2)14-13(11)8-10/h3-4,7-9,12H,1-2,5-6H2. The highest BCUT2D eigenvalue weighted by Gasteiger charge is 2.23. The monoisotopic (exact) mass is 186 g/mol. The Kier molecular flexibility index (Phi) is 2.40. The molecule has 0 fully saturated rings. The van der Waals surface area contributed by atoms with Gasteiger partial charge >= 0.3 is 0 Å². The molecule has 0 saturated carbocycles. The van der Waals surface area contributed by atoms with Crippen LogP contribution in [0, 0.1) is 0 Å². The number of hydrogen-bond donors (Lipinski definition) is 0. The first-order chi connectivity index (χ1) is 6.83. The highest BCUT2D eigenvalue weighted by Crippen LogP contribution is 2.33. The molecule has 72 valence electrons. The molecule has 0 aromatic heterocycles. The maximum atomic E-state index is 5.71. The third-order valence-corrected chi connectivity index (χ3v) is 2.36. The van der Waals surface area contributed by atoms with Crippen molar-refractivity contribution in [1.29, 1.82) is 0 Å². The summed E-state index contributed by atoms with van der Waals surface area (Å²) >= 11 is 0. The molecule has 2 rings (SSSR count). The molecule has 1 heteroatoms. The first-order valence-electron chi connectivity index (χ1n) is 4.86. The van der Waals surface area contributed by atoms with Crippen molar-refractivity contribution >= 4 is 0 Å². The topological polar surface area (TPSA) is 9.23 Å². The van der Waals surface area contributed by atoms with Gasteiger partial charge in [-0.1, -0.05) is 12.2 Å². The molecule has 0 spiro atoms. The molecule has 1 atom stereocenters. The predicted molar refractivity (Wildman–Crippen MR) is 58.8 cm³/mol. The van der Waals surface area contributed by atoms with Crippen molar-refractivity contribution in [3.8, 4) is 0 Å². The van der Waals surface area contributed by atoms with E-state index in [0.717, 1.165) is 18.6 Å². The van der Waals surface area contributed by atoms with Crippen LogP contribution in [-0.2, 0) is 4.74 Å². The SMILES string of the molecule is C=CCC1=CC2=CC(CC=C)OC2=C1. The van der Waals surface area contributed by atoms with Gasteiger partial charge in [-0.05, 0) is 30.2 Å². The zero-order valence-corrected chi connectivity index (χ0v) is 8.20. The number of rotatable bonds is 4. The number of allylic oxidation sites excluding steroid dienone is 4. The quantitative estimate of drug-likeness (QED) is 0.612. The third kappa shape index (κ3) is 1.58. The Balaban J connectivity index is 2.11. The van der Waals surface area contributed by atoms with Gasteiger partial charge in [0.05, 0.1) is 0 Å². The first kappa shape index (κ1) is 9.07. The lowest BCUT2D eigenvalue weighted by atomic mass is 10.1. The summed E-state index contributed by atoms with van der Waals surface area (Å²) in [6, 6.07) is 0. The van der Waals surface area contributed by atoms with Gasteiger partial charge in [0.15, 0.2) is 0 Å². The Bertz CT molecular complexity index is 355. The van der Waals surface area contributed by atoms with Gasteiger partial charge in [0.2, 0.25) is 0 Å². The number of ether oxygens (including phenoxy) is 1. The van der Waals surface area contributed by atoms with E-state index in [1.165, 1.54) is 11.1 Å². The molecular weight excluding hydrogens is 172 g/mol. The Hall–Kier alpha value is -1.50. The predicted octanol–water partition coefficient (Wildman–Crippen LogP) is 3.29. The third-order valence-electron chi connectivity index (χ3n) is 2.36. The van der Waals surface area contributed by atoms with Crippen molar-refractivity contribution in [3.63, 3.8) is 0 Å². The van der Waals surface area contributed by atoms with E-state index in [1.54, 1.807) is 0 Å². The molecular formula is C13H14O. The van der Waals surface area contributed by atoms with Crippen molar-refractivity contribution in [3.05, 3.63) is 60.4 Å². The Morgan fingerprint density at radius 2 is 2.14 bits per heavy atom. The molecule has 1 nitrogen and oxygen atoms in total. The zero-order valence-electron chi connectivity index (χ0n) is 8.20. The summed E-state index contributed by atoms with van der Waals surface area (Å²) in [4.78, 5) is 0. The highest BCUT2D eigenvalue weighted by molar-refractivity contribution is 5.53. The fourth-order valence-corrected chi connectivity index (χ4v) is 1.76. The molecule has 0 bridgehead atoms. The van der Waals surface area contributed by atoms with Crippen LogP contribution in [0.5, 0.6) is 0 Å². The normalized spacial score (nSPS) is 23.1.